The van der Waals surface area contributed by atoms with Gasteiger partial charge < -0.3 is 4.74 Å². The molecule has 5 nitrogen and oxygen atoms in total. The third-order valence-electron chi connectivity index (χ3n) is 3.66. The fourth-order valence-electron chi connectivity index (χ4n) is 2.92. The summed E-state index contributed by atoms with van der Waals surface area (Å²) in [7, 11) is 0. The summed E-state index contributed by atoms with van der Waals surface area (Å²) in [6.07, 6.45) is 2.19. The fraction of sp³-hybridized carbons (Fsp3) is 0.636. The van der Waals surface area contributed by atoms with Gasteiger partial charge in [-0.1, -0.05) is 11.6 Å². The molecule has 2 amide bonds. The van der Waals surface area contributed by atoms with Crippen LogP contribution in [0.2, 0.25) is 0 Å². The zero-order valence-electron chi connectivity index (χ0n) is 9.34. The highest BCUT2D eigenvalue weighted by Crippen LogP contribution is 2.49. The maximum absolute atomic E-state index is 11.8. The van der Waals surface area contributed by atoms with E-state index in [1.807, 2.05) is 6.08 Å². The molecule has 0 radical (unpaired) electrons. The average Bonchev–Trinajstić information content (AvgIpc) is 2.42. The van der Waals surface area contributed by atoms with Crippen molar-refractivity contribution in [3.63, 3.8) is 0 Å². The molecular weight excluding hydrogens is 208 g/mol. The Morgan fingerprint density at radius 2 is 2.38 bits per heavy atom. The molecule has 16 heavy (non-hydrogen) atoms. The topological polar surface area (TPSA) is 49.9 Å². The van der Waals surface area contributed by atoms with Crippen LogP contribution in [-0.4, -0.2) is 40.7 Å². The van der Waals surface area contributed by atoms with Gasteiger partial charge in [0.2, 0.25) is 5.91 Å². The van der Waals surface area contributed by atoms with Crippen molar-refractivity contribution >= 4 is 12.0 Å². The van der Waals surface area contributed by atoms with E-state index in [1.54, 1.807) is 11.9 Å². The summed E-state index contributed by atoms with van der Waals surface area (Å²) in [5.41, 5.74) is 1.28. The number of fused-ring (bicyclic) bond motifs is 3. The molecule has 2 aliphatic heterocycles. The third kappa shape index (κ3) is 0.956. The standard InChI is InChI=1S/C11H14N2O3/c1-3-16-11(15)13-7-4-6(2)10(7)8-5-9(14)12(8)13/h4,7-8,10H,3,5H2,1-2H3/t7-,8+,10+/m1/s1. The van der Waals surface area contributed by atoms with Gasteiger partial charge >= 0.3 is 6.09 Å². The van der Waals surface area contributed by atoms with E-state index in [2.05, 4.69) is 6.92 Å². The summed E-state index contributed by atoms with van der Waals surface area (Å²) < 4.78 is 4.98. The normalized spacial score (nSPS) is 34.8. The Labute approximate surface area is 93.6 Å². The summed E-state index contributed by atoms with van der Waals surface area (Å²) in [5, 5.41) is 3.05. The molecule has 0 aromatic rings. The van der Waals surface area contributed by atoms with Crippen molar-refractivity contribution in [2.45, 2.75) is 32.4 Å². The maximum Gasteiger partial charge on any atom is 0.429 e. The van der Waals surface area contributed by atoms with Crippen LogP contribution >= 0.6 is 0 Å². The molecule has 1 aliphatic carbocycles. The van der Waals surface area contributed by atoms with E-state index in [-0.39, 0.29) is 18.0 Å². The molecule has 0 bridgehead atoms. The molecule has 2 saturated heterocycles. The summed E-state index contributed by atoms with van der Waals surface area (Å²) >= 11 is 0. The molecule has 0 aromatic carbocycles. The minimum atomic E-state index is -0.406. The van der Waals surface area contributed by atoms with Crippen molar-refractivity contribution < 1.29 is 14.3 Å². The van der Waals surface area contributed by atoms with Crippen LogP contribution in [0.4, 0.5) is 4.79 Å². The van der Waals surface area contributed by atoms with Gasteiger partial charge in [-0.2, -0.15) is 0 Å². The van der Waals surface area contributed by atoms with Crippen molar-refractivity contribution in [3.05, 3.63) is 11.6 Å². The number of ether oxygens (including phenoxy) is 1. The van der Waals surface area contributed by atoms with E-state index in [0.717, 1.165) is 0 Å². The zero-order chi connectivity index (χ0) is 11.4. The Morgan fingerprint density at radius 1 is 1.62 bits per heavy atom. The Hall–Kier alpha value is -1.52. The van der Waals surface area contributed by atoms with E-state index >= 15 is 0 Å². The van der Waals surface area contributed by atoms with Gasteiger partial charge in [-0.25, -0.2) is 14.8 Å². The monoisotopic (exact) mass is 222 g/mol. The van der Waals surface area contributed by atoms with Gasteiger partial charge in [0.05, 0.1) is 25.1 Å². The van der Waals surface area contributed by atoms with Crippen molar-refractivity contribution in [2.24, 2.45) is 5.92 Å². The second-order valence-electron chi connectivity index (χ2n) is 4.48. The van der Waals surface area contributed by atoms with Gasteiger partial charge in [0.15, 0.2) is 0 Å². The number of hydrogen-bond acceptors (Lipinski definition) is 3. The molecule has 0 unspecified atom stereocenters. The van der Waals surface area contributed by atoms with E-state index < -0.39 is 6.09 Å². The molecule has 0 N–H and O–H groups in total. The quantitative estimate of drug-likeness (QED) is 0.489. The van der Waals surface area contributed by atoms with Crippen LogP contribution in [0.3, 0.4) is 0 Å². The fourth-order valence-corrected chi connectivity index (χ4v) is 2.92. The average molecular weight is 222 g/mol. The molecule has 0 aromatic heterocycles. The highest BCUT2D eigenvalue weighted by molar-refractivity contribution is 5.87. The van der Waals surface area contributed by atoms with E-state index in [4.69, 9.17) is 4.74 Å². The predicted octanol–water partition coefficient (Wildman–Crippen LogP) is 0.919. The first kappa shape index (κ1) is 9.69. The number of hydrogen-bond donors (Lipinski definition) is 0. The molecule has 86 valence electrons. The van der Waals surface area contributed by atoms with Gasteiger partial charge in [0.1, 0.15) is 0 Å². The largest absolute Gasteiger partial charge is 0.448 e. The number of β-lactam (4-membered cyclic amide) rings is 1. The third-order valence-corrected chi connectivity index (χ3v) is 3.66. The first-order valence-corrected chi connectivity index (χ1v) is 5.61. The zero-order valence-corrected chi connectivity index (χ0v) is 9.34. The number of rotatable bonds is 1. The predicted molar refractivity (Wildman–Crippen MR) is 55.1 cm³/mol. The summed E-state index contributed by atoms with van der Waals surface area (Å²) in [5.74, 6) is 0.357. The summed E-state index contributed by atoms with van der Waals surface area (Å²) in [4.78, 5) is 23.3. The molecule has 5 heteroatoms. The molecular formula is C11H14N2O3. The van der Waals surface area contributed by atoms with Crippen molar-refractivity contribution in [2.75, 3.05) is 6.61 Å². The lowest BCUT2D eigenvalue weighted by molar-refractivity contribution is -0.161. The minimum absolute atomic E-state index is 0.0219. The first-order chi connectivity index (χ1) is 7.65. The highest BCUT2D eigenvalue weighted by atomic mass is 16.6. The van der Waals surface area contributed by atoms with E-state index in [1.165, 1.54) is 10.6 Å². The molecule has 2 fully saturated rings. The maximum atomic E-state index is 11.8. The lowest BCUT2D eigenvalue weighted by Gasteiger charge is -2.39. The second-order valence-corrected chi connectivity index (χ2v) is 4.48. The molecule has 3 atom stereocenters. The Bertz CT molecular complexity index is 404. The highest BCUT2D eigenvalue weighted by Gasteiger charge is 2.61. The van der Waals surface area contributed by atoms with Crippen LogP contribution in [0.25, 0.3) is 0 Å². The molecule has 0 saturated carbocycles. The van der Waals surface area contributed by atoms with Crippen LogP contribution in [0.5, 0.6) is 0 Å². The van der Waals surface area contributed by atoms with Gasteiger partial charge in [0, 0.05) is 5.92 Å². The number of hydrazine groups is 1. The van der Waals surface area contributed by atoms with Crippen LogP contribution in [0.1, 0.15) is 20.3 Å². The van der Waals surface area contributed by atoms with Crippen molar-refractivity contribution in [3.8, 4) is 0 Å². The number of carbonyl (C=O) groups is 2. The van der Waals surface area contributed by atoms with Crippen LogP contribution in [-0.2, 0) is 9.53 Å². The Kier molecular flexibility index (Phi) is 1.81. The second kappa shape index (κ2) is 2.99. The molecule has 3 rings (SSSR count). The van der Waals surface area contributed by atoms with Gasteiger partial charge in [-0.15, -0.1) is 0 Å². The van der Waals surface area contributed by atoms with Crippen LogP contribution in [0, 0.1) is 5.92 Å². The van der Waals surface area contributed by atoms with E-state index in [0.29, 0.717) is 18.9 Å². The van der Waals surface area contributed by atoms with Gasteiger partial charge in [-0.05, 0) is 13.8 Å². The molecule has 0 spiro atoms. The number of carbonyl (C=O) groups excluding carboxylic acids is 2. The Morgan fingerprint density at radius 3 is 2.94 bits per heavy atom. The van der Waals surface area contributed by atoms with Crippen LogP contribution < -0.4 is 0 Å². The van der Waals surface area contributed by atoms with Gasteiger partial charge in [0.25, 0.3) is 0 Å². The van der Waals surface area contributed by atoms with Gasteiger partial charge in [-0.3, -0.25) is 4.79 Å². The Balaban J connectivity index is 1.87. The number of nitrogens with zero attached hydrogens (tertiary/aromatic N) is 2. The van der Waals surface area contributed by atoms with Crippen molar-refractivity contribution in [1.29, 1.82) is 0 Å². The van der Waals surface area contributed by atoms with Crippen LogP contribution in [0.15, 0.2) is 11.6 Å². The molecule has 2 heterocycles. The lowest BCUT2D eigenvalue weighted by Crippen LogP contribution is -2.57. The smallest absolute Gasteiger partial charge is 0.429 e. The number of amides is 2. The SMILES string of the molecule is CCOC(=O)N1[C@@H]2C=C(C)[C@@H]2[C@@H]2CC(=O)N21. The summed E-state index contributed by atoms with van der Waals surface area (Å²) in [6.45, 7) is 4.15. The summed E-state index contributed by atoms with van der Waals surface area (Å²) in [6, 6.07) is 0.224. The minimum Gasteiger partial charge on any atom is -0.448 e. The lowest BCUT2D eigenvalue weighted by atomic mass is 9.75. The van der Waals surface area contributed by atoms with Crippen molar-refractivity contribution in [1.82, 2.24) is 10.0 Å². The van der Waals surface area contributed by atoms with E-state index in [9.17, 15) is 9.59 Å². The molecule has 3 aliphatic rings. The first-order valence-electron chi connectivity index (χ1n) is 5.61.